The lowest BCUT2D eigenvalue weighted by atomic mass is 10.2. The van der Waals surface area contributed by atoms with Gasteiger partial charge in [0.25, 0.3) is 0 Å². The van der Waals surface area contributed by atoms with Gasteiger partial charge in [-0.05, 0) is 26.2 Å². The van der Waals surface area contributed by atoms with Crippen molar-refractivity contribution in [3.63, 3.8) is 0 Å². The first-order chi connectivity index (χ1) is 5.81. The average Bonchev–Trinajstić information content (AvgIpc) is 2.80. The monoisotopic (exact) mass is 168 g/mol. The van der Waals surface area contributed by atoms with Gasteiger partial charge < -0.3 is 10.2 Å². The molecule has 68 valence electrons. The summed E-state index contributed by atoms with van der Waals surface area (Å²) >= 11 is 0. The zero-order chi connectivity index (χ0) is 8.55. The van der Waals surface area contributed by atoms with Crippen molar-refractivity contribution in [2.75, 3.05) is 13.1 Å². The lowest BCUT2D eigenvalue weighted by Crippen LogP contribution is -2.39. The highest BCUT2D eigenvalue weighted by atomic mass is 16.2. The maximum atomic E-state index is 11.6. The summed E-state index contributed by atoms with van der Waals surface area (Å²) in [5.74, 6) is 0.310. The first-order valence-corrected chi connectivity index (χ1v) is 4.86. The molecule has 0 bridgehead atoms. The topological polar surface area (TPSA) is 32.3 Å². The number of hydrogen-bond acceptors (Lipinski definition) is 2. The second kappa shape index (κ2) is 3.05. The van der Waals surface area contributed by atoms with Crippen LogP contribution in [0.4, 0.5) is 0 Å². The molecule has 1 saturated heterocycles. The largest absolute Gasteiger partial charge is 0.342 e. The van der Waals surface area contributed by atoms with Crippen molar-refractivity contribution in [1.29, 1.82) is 0 Å². The van der Waals surface area contributed by atoms with E-state index in [1.54, 1.807) is 0 Å². The van der Waals surface area contributed by atoms with Crippen LogP contribution in [0.25, 0.3) is 0 Å². The SMILES string of the molecule is CCN1CCC(NC2CC2)C1=O. The van der Waals surface area contributed by atoms with Gasteiger partial charge in [0, 0.05) is 19.1 Å². The zero-order valence-corrected chi connectivity index (χ0v) is 7.55. The van der Waals surface area contributed by atoms with E-state index in [1.165, 1.54) is 12.8 Å². The molecule has 0 aromatic rings. The Morgan fingerprint density at radius 3 is 2.75 bits per heavy atom. The number of likely N-dealkylation sites (N-methyl/N-ethyl adjacent to an activating group) is 1. The van der Waals surface area contributed by atoms with Crippen molar-refractivity contribution >= 4 is 5.91 Å². The van der Waals surface area contributed by atoms with Crippen LogP contribution in [0.3, 0.4) is 0 Å². The molecular formula is C9H16N2O. The molecule has 1 N–H and O–H groups in total. The van der Waals surface area contributed by atoms with Gasteiger partial charge in [-0.1, -0.05) is 0 Å². The molecule has 1 amide bonds. The number of nitrogens with one attached hydrogen (secondary N) is 1. The fourth-order valence-electron chi connectivity index (χ4n) is 1.74. The molecule has 2 rings (SSSR count). The minimum Gasteiger partial charge on any atom is -0.342 e. The molecule has 1 unspecified atom stereocenters. The third kappa shape index (κ3) is 1.46. The van der Waals surface area contributed by atoms with Crippen LogP contribution in [0.2, 0.25) is 0 Å². The highest BCUT2D eigenvalue weighted by Gasteiger charge is 2.34. The van der Waals surface area contributed by atoms with E-state index >= 15 is 0 Å². The zero-order valence-electron chi connectivity index (χ0n) is 7.55. The summed E-state index contributed by atoms with van der Waals surface area (Å²) in [6.45, 7) is 3.85. The molecule has 1 saturated carbocycles. The van der Waals surface area contributed by atoms with Crippen LogP contribution in [0, 0.1) is 0 Å². The molecule has 2 aliphatic rings. The third-order valence-electron chi connectivity index (χ3n) is 2.69. The van der Waals surface area contributed by atoms with E-state index in [2.05, 4.69) is 5.32 Å². The fraction of sp³-hybridized carbons (Fsp3) is 0.889. The van der Waals surface area contributed by atoms with Crippen molar-refractivity contribution in [1.82, 2.24) is 10.2 Å². The number of carbonyl (C=O) groups excluding carboxylic acids is 1. The molecule has 12 heavy (non-hydrogen) atoms. The highest BCUT2D eigenvalue weighted by molar-refractivity contribution is 5.84. The summed E-state index contributed by atoms with van der Waals surface area (Å²) in [5.41, 5.74) is 0. The van der Waals surface area contributed by atoms with Gasteiger partial charge in [0.1, 0.15) is 0 Å². The summed E-state index contributed by atoms with van der Waals surface area (Å²) < 4.78 is 0. The Morgan fingerprint density at radius 2 is 2.25 bits per heavy atom. The second-order valence-corrected chi connectivity index (χ2v) is 3.70. The Balaban J connectivity index is 1.86. The van der Waals surface area contributed by atoms with E-state index in [1.807, 2.05) is 11.8 Å². The fourth-order valence-corrected chi connectivity index (χ4v) is 1.74. The smallest absolute Gasteiger partial charge is 0.239 e. The first-order valence-electron chi connectivity index (χ1n) is 4.86. The summed E-state index contributed by atoms with van der Waals surface area (Å²) in [6, 6.07) is 0.785. The third-order valence-corrected chi connectivity index (χ3v) is 2.69. The predicted molar refractivity (Wildman–Crippen MR) is 46.8 cm³/mol. The molecule has 0 radical (unpaired) electrons. The van der Waals surface area contributed by atoms with Gasteiger partial charge in [0.05, 0.1) is 6.04 Å². The number of carbonyl (C=O) groups is 1. The Kier molecular flexibility index (Phi) is 2.05. The van der Waals surface area contributed by atoms with Crippen LogP contribution in [0.1, 0.15) is 26.2 Å². The Morgan fingerprint density at radius 1 is 1.50 bits per heavy atom. The van der Waals surface area contributed by atoms with E-state index in [9.17, 15) is 4.79 Å². The highest BCUT2D eigenvalue weighted by Crippen LogP contribution is 2.22. The van der Waals surface area contributed by atoms with E-state index in [4.69, 9.17) is 0 Å². The molecule has 0 aromatic heterocycles. The number of nitrogens with zero attached hydrogens (tertiary/aromatic N) is 1. The standard InChI is InChI=1S/C9H16N2O/c1-2-11-6-5-8(9(11)12)10-7-3-4-7/h7-8,10H,2-6H2,1H3. The van der Waals surface area contributed by atoms with Gasteiger partial charge in [-0.25, -0.2) is 0 Å². The van der Waals surface area contributed by atoms with E-state index in [-0.39, 0.29) is 6.04 Å². The molecule has 1 heterocycles. The van der Waals surface area contributed by atoms with Gasteiger partial charge >= 0.3 is 0 Å². The molecule has 0 spiro atoms. The van der Waals surface area contributed by atoms with Crippen molar-refractivity contribution in [3.8, 4) is 0 Å². The summed E-state index contributed by atoms with van der Waals surface area (Å²) in [5, 5.41) is 3.38. The number of likely N-dealkylation sites (tertiary alicyclic amines) is 1. The quantitative estimate of drug-likeness (QED) is 0.660. The molecule has 3 nitrogen and oxygen atoms in total. The van der Waals surface area contributed by atoms with Gasteiger partial charge in [0.15, 0.2) is 0 Å². The summed E-state index contributed by atoms with van der Waals surface area (Å²) in [4.78, 5) is 13.5. The van der Waals surface area contributed by atoms with Crippen LogP contribution in [-0.4, -0.2) is 36.0 Å². The second-order valence-electron chi connectivity index (χ2n) is 3.70. The van der Waals surface area contributed by atoms with Crippen LogP contribution < -0.4 is 5.32 Å². The average molecular weight is 168 g/mol. The van der Waals surface area contributed by atoms with Crippen molar-refractivity contribution in [3.05, 3.63) is 0 Å². The maximum Gasteiger partial charge on any atom is 0.239 e. The van der Waals surface area contributed by atoms with Crippen molar-refractivity contribution < 1.29 is 4.79 Å². The van der Waals surface area contributed by atoms with E-state index in [0.29, 0.717) is 11.9 Å². The van der Waals surface area contributed by atoms with Crippen molar-refractivity contribution in [2.45, 2.75) is 38.3 Å². The van der Waals surface area contributed by atoms with Gasteiger partial charge in [0.2, 0.25) is 5.91 Å². The van der Waals surface area contributed by atoms with Gasteiger partial charge in [-0.2, -0.15) is 0 Å². The summed E-state index contributed by atoms with van der Waals surface area (Å²) in [7, 11) is 0. The first kappa shape index (κ1) is 8.05. The minimum atomic E-state index is 0.137. The minimum absolute atomic E-state index is 0.137. The molecular weight excluding hydrogens is 152 g/mol. The molecule has 0 aromatic carbocycles. The number of rotatable bonds is 3. The lowest BCUT2D eigenvalue weighted by molar-refractivity contribution is -0.129. The molecule has 1 aliphatic heterocycles. The van der Waals surface area contributed by atoms with Gasteiger partial charge in [-0.15, -0.1) is 0 Å². The van der Waals surface area contributed by atoms with Gasteiger partial charge in [-0.3, -0.25) is 4.79 Å². The summed E-state index contributed by atoms with van der Waals surface area (Å²) in [6.07, 6.45) is 3.52. The lowest BCUT2D eigenvalue weighted by Gasteiger charge is -2.14. The molecule has 1 atom stereocenters. The molecule has 3 heteroatoms. The Bertz CT molecular complexity index is 189. The van der Waals surface area contributed by atoms with Crippen molar-refractivity contribution in [2.24, 2.45) is 0 Å². The van der Waals surface area contributed by atoms with E-state index < -0.39 is 0 Å². The normalized spacial score (nSPS) is 29.9. The Hall–Kier alpha value is -0.570. The maximum absolute atomic E-state index is 11.6. The number of hydrogen-bond donors (Lipinski definition) is 1. The number of amides is 1. The van der Waals surface area contributed by atoms with Crippen LogP contribution in [-0.2, 0) is 4.79 Å². The van der Waals surface area contributed by atoms with E-state index in [0.717, 1.165) is 19.5 Å². The molecule has 2 fully saturated rings. The molecule has 1 aliphatic carbocycles. The van der Waals surface area contributed by atoms with Crippen LogP contribution in [0.5, 0.6) is 0 Å². The van der Waals surface area contributed by atoms with Crippen LogP contribution in [0.15, 0.2) is 0 Å². The Labute approximate surface area is 73.1 Å². The predicted octanol–water partition coefficient (Wildman–Crippen LogP) is 0.359. The van der Waals surface area contributed by atoms with Crippen LogP contribution >= 0.6 is 0 Å².